The molecule has 1 saturated heterocycles. The highest BCUT2D eigenvalue weighted by Crippen LogP contribution is 2.30. The SMILES string of the molecule is CCCN1C[C@H](O)[C@@H](C)[C@H](C)[C@H]1CC. The fraction of sp³-hybridized carbons (Fsp3) is 1.00. The largest absolute Gasteiger partial charge is 0.392 e. The smallest absolute Gasteiger partial charge is 0.0695 e. The number of hydrogen-bond acceptors (Lipinski definition) is 2. The van der Waals surface area contributed by atoms with E-state index in [0.29, 0.717) is 17.9 Å². The molecule has 2 heteroatoms. The molecule has 1 fully saturated rings. The third kappa shape index (κ3) is 2.29. The summed E-state index contributed by atoms with van der Waals surface area (Å²) in [6.45, 7) is 10.9. The van der Waals surface area contributed by atoms with Gasteiger partial charge in [-0.15, -0.1) is 0 Å². The lowest BCUT2D eigenvalue weighted by atomic mass is 9.79. The second-order valence-corrected chi connectivity index (χ2v) is 4.76. The molecule has 0 spiro atoms. The lowest BCUT2D eigenvalue weighted by Crippen LogP contribution is -2.53. The van der Waals surface area contributed by atoms with Crippen molar-refractivity contribution in [3.8, 4) is 0 Å². The van der Waals surface area contributed by atoms with Gasteiger partial charge in [0.2, 0.25) is 0 Å². The van der Waals surface area contributed by atoms with E-state index in [1.807, 2.05) is 0 Å². The maximum atomic E-state index is 9.92. The Morgan fingerprint density at radius 1 is 1.21 bits per heavy atom. The van der Waals surface area contributed by atoms with Gasteiger partial charge in [0, 0.05) is 12.6 Å². The first kappa shape index (κ1) is 12.0. The van der Waals surface area contributed by atoms with Crippen LogP contribution in [0.15, 0.2) is 0 Å². The van der Waals surface area contributed by atoms with E-state index in [1.165, 1.54) is 12.8 Å². The molecular formula is C12H25NO. The van der Waals surface area contributed by atoms with Crippen LogP contribution in [0.5, 0.6) is 0 Å². The highest BCUT2D eigenvalue weighted by atomic mass is 16.3. The van der Waals surface area contributed by atoms with Crippen molar-refractivity contribution in [1.29, 1.82) is 0 Å². The van der Waals surface area contributed by atoms with Crippen molar-refractivity contribution in [1.82, 2.24) is 4.90 Å². The average molecular weight is 199 g/mol. The highest BCUT2D eigenvalue weighted by Gasteiger charge is 2.36. The van der Waals surface area contributed by atoms with Crippen molar-refractivity contribution in [2.75, 3.05) is 13.1 Å². The van der Waals surface area contributed by atoms with E-state index < -0.39 is 0 Å². The summed E-state index contributed by atoms with van der Waals surface area (Å²) in [5.41, 5.74) is 0. The molecule has 0 aromatic rings. The van der Waals surface area contributed by atoms with Crippen LogP contribution < -0.4 is 0 Å². The van der Waals surface area contributed by atoms with Crippen LogP contribution in [0.3, 0.4) is 0 Å². The molecule has 0 bridgehead atoms. The quantitative estimate of drug-likeness (QED) is 0.752. The Labute approximate surface area is 88.3 Å². The monoisotopic (exact) mass is 199 g/mol. The first-order chi connectivity index (χ1) is 6.61. The first-order valence-electron chi connectivity index (χ1n) is 6.03. The summed E-state index contributed by atoms with van der Waals surface area (Å²) in [5, 5.41) is 9.92. The summed E-state index contributed by atoms with van der Waals surface area (Å²) in [6.07, 6.45) is 2.27. The van der Waals surface area contributed by atoms with E-state index in [0.717, 1.165) is 13.1 Å². The molecule has 1 aliphatic heterocycles. The fourth-order valence-electron chi connectivity index (χ4n) is 2.75. The molecule has 0 amide bonds. The third-order valence-corrected chi connectivity index (χ3v) is 3.86. The number of nitrogens with zero attached hydrogens (tertiary/aromatic N) is 1. The van der Waals surface area contributed by atoms with Crippen LogP contribution in [0.4, 0.5) is 0 Å². The van der Waals surface area contributed by atoms with Gasteiger partial charge in [-0.05, 0) is 31.2 Å². The molecule has 14 heavy (non-hydrogen) atoms. The van der Waals surface area contributed by atoms with Gasteiger partial charge in [-0.3, -0.25) is 4.90 Å². The van der Waals surface area contributed by atoms with Crippen LogP contribution in [-0.4, -0.2) is 35.2 Å². The number of β-amino-alcohol motifs (C(OH)–C–C–N with tert-alkyl or cyclic N) is 1. The van der Waals surface area contributed by atoms with E-state index in [4.69, 9.17) is 0 Å². The predicted octanol–water partition coefficient (Wildman–Crippen LogP) is 2.12. The van der Waals surface area contributed by atoms with Gasteiger partial charge in [-0.2, -0.15) is 0 Å². The molecule has 1 N–H and O–H groups in total. The van der Waals surface area contributed by atoms with Gasteiger partial charge in [-0.1, -0.05) is 27.7 Å². The minimum absolute atomic E-state index is 0.126. The van der Waals surface area contributed by atoms with E-state index >= 15 is 0 Å². The average Bonchev–Trinajstić information content (AvgIpc) is 2.16. The standard InChI is InChI=1S/C12H25NO/c1-5-7-13-8-12(14)10(4)9(3)11(13)6-2/h9-12,14H,5-8H2,1-4H3/t9-,10-,11+,12-/m0/s1. The van der Waals surface area contributed by atoms with E-state index in [-0.39, 0.29) is 6.10 Å². The summed E-state index contributed by atoms with van der Waals surface area (Å²) in [4.78, 5) is 2.47. The van der Waals surface area contributed by atoms with Crippen molar-refractivity contribution in [3.63, 3.8) is 0 Å². The van der Waals surface area contributed by atoms with Gasteiger partial charge < -0.3 is 5.11 Å². The van der Waals surface area contributed by atoms with E-state index in [2.05, 4.69) is 32.6 Å². The van der Waals surface area contributed by atoms with Crippen molar-refractivity contribution < 1.29 is 5.11 Å². The molecule has 0 unspecified atom stereocenters. The van der Waals surface area contributed by atoms with Crippen LogP contribution in [0.1, 0.15) is 40.5 Å². The lowest BCUT2D eigenvalue weighted by molar-refractivity contribution is -0.0395. The van der Waals surface area contributed by atoms with Crippen LogP contribution in [-0.2, 0) is 0 Å². The second kappa shape index (κ2) is 5.13. The maximum Gasteiger partial charge on any atom is 0.0695 e. The number of aliphatic hydroxyl groups excluding tert-OH is 1. The van der Waals surface area contributed by atoms with Crippen molar-refractivity contribution in [2.24, 2.45) is 11.8 Å². The molecule has 0 aromatic heterocycles. The summed E-state index contributed by atoms with van der Waals surface area (Å²) in [5.74, 6) is 1.07. The molecule has 0 radical (unpaired) electrons. The Balaban J connectivity index is 2.66. The highest BCUT2D eigenvalue weighted by molar-refractivity contribution is 4.89. The molecule has 0 aromatic carbocycles. The molecule has 4 atom stereocenters. The Morgan fingerprint density at radius 2 is 1.86 bits per heavy atom. The zero-order valence-electron chi connectivity index (χ0n) is 10.0. The van der Waals surface area contributed by atoms with Gasteiger partial charge in [0.15, 0.2) is 0 Å². The summed E-state index contributed by atoms with van der Waals surface area (Å²) >= 11 is 0. The van der Waals surface area contributed by atoms with E-state index in [9.17, 15) is 5.11 Å². The van der Waals surface area contributed by atoms with Crippen molar-refractivity contribution in [3.05, 3.63) is 0 Å². The van der Waals surface area contributed by atoms with Gasteiger partial charge >= 0.3 is 0 Å². The summed E-state index contributed by atoms with van der Waals surface area (Å²) in [7, 11) is 0. The third-order valence-electron chi connectivity index (χ3n) is 3.86. The van der Waals surface area contributed by atoms with Crippen LogP contribution in [0, 0.1) is 11.8 Å². The van der Waals surface area contributed by atoms with Gasteiger partial charge in [-0.25, -0.2) is 0 Å². The van der Waals surface area contributed by atoms with Crippen LogP contribution >= 0.6 is 0 Å². The van der Waals surface area contributed by atoms with Gasteiger partial charge in [0.05, 0.1) is 6.10 Å². The van der Waals surface area contributed by atoms with Gasteiger partial charge in [0.1, 0.15) is 0 Å². The number of rotatable bonds is 3. The van der Waals surface area contributed by atoms with Crippen LogP contribution in [0.2, 0.25) is 0 Å². The number of piperidine rings is 1. The molecule has 1 rings (SSSR count). The number of likely N-dealkylation sites (tertiary alicyclic amines) is 1. The minimum atomic E-state index is -0.126. The van der Waals surface area contributed by atoms with E-state index in [1.54, 1.807) is 0 Å². The molecule has 2 nitrogen and oxygen atoms in total. The molecule has 1 heterocycles. The number of hydrogen-bond donors (Lipinski definition) is 1. The first-order valence-corrected chi connectivity index (χ1v) is 6.03. The van der Waals surface area contributed by atoms with Crippen molar-refractivity contribution in [2.45, 2.75) is 52.7 Å². The Hall–Kier alpha value is -0.0800. The topological polar surface area (TPSA) is 23.5 Å². The normalized spacial score (nSPS) is 40.1. The Morgan fingerprint density at radius 3 is 2.36 bits per heavy atom. The zero-order chi connectivity index (χ0) is 10.7. The summed E-state index contributed by atoms with van der Waals surface area (Å²) < 4.78 is 0. The fourth-order valence-corrected chi connectivity index (χ4v) is 2.75. The predicted molar refractivity (Wildman–Crippen MR) is 60.3 cm³/mol. The second-order valence-electron chi connectivity index (χ2n) is 4.76. The Kier molecular flexibility index (Phi) is 4.39. The Bertz CT molecular complexity index is 172. The summed E-state index contributed by atoms with van der Waals surface area (Å²) in [6, 6.07) is 0.674. The zero-order valence-corrected chi connectivity index (χ0v) is 10.0. The van der Waals surface area contributed by atoms with Crippen LogP contribution in [0.25, 0.3) is 0 Å². The molecular weight excluding hydrogens is 174 g/mol. The van der Waals surface area contributed by atoms with Gasteiger partial charge in [0.25, 0.3) is 0 Å². The molecule has 0 saturated carbocycles. The lowest BCUT2D eigenvalue weighted by Gasteiger charge is -2.45. The number of aliphatic hydroxyl groups is 1. The maximum absolute atomic E-state index is 9.92. The van der Waals surface area contributed by atoms with Crippen molar-refractivity contribution >= 4 is 0 Å². The molecule has 0 aliphatic carbocycles. The minimum Gasteiger partial charge on any atom is -0.392 e. The molecule has 84 valence electrons. The molecule has 1 aliphatic rings.